The fourth-order valence-electron chi connectivity index (χ4n) is 1.76. The van der Waals surface area contributed by atoms with Gasteiger partial charge in [0, 0.05) is 5.56 Å². The molecule has 1 amide bonds. The molecule has 1 aromatic rings. The number of carbonyl (C=O) groups is 2. The summed E-state index contributed by atoms with van der Waals surface area (Å²) in [5, 5.41) is 2.74. The van der Waals surface area contributed by atoms with Crippen molar-refractivity contribution in [3.8, 4) is 0 Å². The molecule has 0 radical (unpaired) electrons. The van der Waals surface area contributed by atoms with Crippen molar-refractivity contribution < 1.29 is 14.3 Å². The third-order valence-corrected chi connectivity index (χ3v) is 2.62. The van der Waals surface area contributed by atoms with Gasteiger partial charge in [0.1, 0.15) is 6.04 Å². The zero-order valence-electron chi connectivity index (χ0n) is 11.7. The molecule has 0 saturated heterocycles. The molecule has 0 aliphatic heterocycles. The zero-order valence-corrected chi connectivity index (χ0v) is 11.7. The molecule has 0 spiro atoms. The standard InChI is InChI=1S/C15H21NO3/c1-4-19-15(18)13(10-11(2)3)16-14(17)12-8-6-5-7-9-12/h5-9,11,13H,4,10H2,1-3H3,(H,16,17)/t13-/m1/s1. The van der Waals surface area contributed by atoms with Crippen molar-refractivity contribution in [1.82, 2.24) is 5.32 Å². The lowest BCUT2D eigenvalue weighted by Crippen LogP contribution is -2.42. The number of esters is 1. The molecule has 1 aromatic carbocycles. The molecule has 4 nitrogen and oxygen atoms in total. The van der Waals surface area contributed by atoms with Crippen molar-refractivity contribution in [3.05, 3.63) is 35.9 Å². The van der Waals surface area contributed by atoms with Gasteiger partial charge >= 0.3 is 5.97 Å². The van der Waals surface area contributed by atoms with E-state index in [1.54, 1.807) is 31.2 Å². The molecule has 0 saturated carbocycles. The van der Waals surface area contributed by atoms with Crippen LogP contribution in [0, 0.1) is 5.92 Å². The van der Waals surface area contributed by atoms with Gasteiger partial charge in [-0.15, -0.1) is 0 Å². The van der Waals surface area contributed by atoms with Gasteiger partial charge in [0.2, 0.25) is 0 Å². The Bertz CT molecular complexity index is 415. The molecule has 0 unspecified atom stereocenters. The predicted octanol–water partition coefficient (Wildman–Crippen LogP) is 2.39. The molecule has 0 bridgehead atoms. The van der Waals surface area contributed by atoms with Gasteiger partial charge in [0.15, 0.2) is 0 Å². The molecule has 0 aliphatic carbocycles. The van der Waals surface area contributed by atoms with Gasteiger partial charge < -0.3 is 10.1 Å². The fourth-order valence-corrected chi connectivity index (χ4v) is 1.76. The van der Waals surface area contributed by atoms with Crippen LogP contribution in [0.25, 0.3) is 0 Å². The Morgan fingerprint density at radius 1 is 1.21 bits per heavy atom. The first-order valence-corrected chi connectivity index (χ1v) is 6.57. The van der Waals surface area contributed by atoms with Crippen LogP contribution in [-0.2, 0) is 9.53 Å². The molecule has 1 N–H and O–H groups in total. The number of rotatable bonds is 6. The summed E-state index contributed by atoms with van der Waals surface area (Å²) < 4.78 is 4.99. The second kappa shape index (κ2) is 7.56. The lowest BCUT2D eigenvalue weighted by molar-refractivity contribution is -0.145. The Kier molecular flexibility index (Phi) is 6.06. The normalized spacial score (nSPS) is 12.0. The number of carbonyl (C=O) groups excluding carboxylic acids is 2. The van der Waals surface area contributed by atoms with Crippen molar-refractivity contribution in [3.63, 3.8) is 0 Å². The monoisotopic (exact) mass is 263 g/mol. The third-order valence-electron chi connectivity index (χ3n) is 2.62. The van der Waals surface area contributed by atoms with Crippen LogP contribution in [-0.4, -0.2) is 24.5 Å². The highest BCUT2D eigenvalue weighted by Gasteiger charge is 2.23. The number of ether oxygens (including phenoxy) is 1. The summed E-state index contributed by atoms with van der Waals surface area (Å²) >= 11 is 0. The summed E-state index contributed by atoms with van der Waals surface area (Å²) in [5.41, 5.74) is 0.542. The molecular formula is C15H21NO3. The SMILES string of the molecule is CCOC(=O)[C@@H](CC(C)C)NC(=O)c1ccccc1. The third kappa shape index (κ3) is 5.12. The van der Waals surface area contributed by atoms with Crippen LogP contribution in [0.4, 0.5) is 0 Å². The summed E-state index contributed by atoms with van der Waals surface area (Å²) in [7, 11) is 0. The predicted molar refractivity (Wildman–Crippen MR) is 73.8 cm³/mol. The van der Waals surface area contributed by atoms with Gasteiger partial charge in [0.25, 0.3) is 5.91 Å². The van der Waals surface area contributed by atoms with Crippen molar-refractivity contribution in [2.75, 3.05) is 6.61 Å². The van der Waals surface area contributed by atoms with E-state index in [9.17, 15) is 9.59 Å². The molecule has 4 heteroatoms. The van der Waals surface area contributed by atoms with Gasteiger partial charge in [-0.25, -0.2) is 4.79 Å². The highest BCUT2D eigenvalue weighted by atomic mass is 16.5. The van der Waals surface area contributed by atoms with Gasteiger partial charge in [-0.1, -0.05) is 32.0 Å². The lowest BCUT2D eigenvalue weighted by atomic mass is 10.0. The topological polar surface area (TPSA) is 55.4 Å². The smallest absolute Gasteiger partial charge is 0.328 e. The van der Waals surface area contributed by atoms with Crippen LogP contribution in [0.3, 0.4) is 0 Å². The molecule has 1 rings (SSSR count). The second-order valence-corrected chi connectivity index (χ2v) is 4.77. The summed E-state index contributed by atoms with van der Waals surface area (Å²) in [5.74, 6) is -0.328. The Morgan fingerprint density at radius 2 is 1.84 bits per heavy atom. The Balaban J connectivity index is 2.71. The van der Waals surface area contributed by atoms with E-state index in [4.69, 9.17) is 4.74 Å². The summed E-state index contributed by atoms with van der Waals surface area (Å²) in [4.78, 5) is 23.8. The molecule has 0 fully saturated rings. The van der Waals surface area contributed by atoms with E-state index in [1.807, 2.05) is 19.9 Å². The number of benzene rings is 1. The summed E-state index contributed by atoms with van der Waals surface area (Å²) in [6, 6.07) is 8.26. The molecule has 19 heavy (non-hydrogen) atoms. The van der Waals surface area contributed by atoms with Crippen LogP contribution >= 0.6 is 0 Å². The zero-order chi connectivity index (χ0) is 14.3. The maximum absolute atomic E-state index is 12.0. The van der Waals surface area contributed by atoms with Crippen LogP contribution in [0.1, 0.15) is 37.6 Å². The van der Waals surface area contributed by atoms with Crippen LogP contribution < -0.4 is 5.32 Å². The average Bonchev–Trinajstić information content (AvgIpc) is 2.38. The van der Waals surface area contributed by atoms with Crippen LogP contribution in [0.5, 0.6) is 0 Å². The lowest BCUT2D eigenvalue weighted by Gasteiger charge is -2.19. The highest BCUT2D eigenvalue weighted by Crippen LogP contribution is 2.08. The van der Waals surface area contributed by atoms with Crippen molar-refractivity contribution in [1.29, 1.82) is 0 Å². The largest absolute Gasteiger partial charge is 0.464 e. The summed E-state index contributed by atoms with van der Waals surface area (Å²) in [6.07, 6.45) is 0.567. The van der Waals surface area contributed by atoms with Gasteiger partial charge in [-0.2, -0.15) is 0 Å². The minimum Gasteiger partial charge on any atom is -0.464 e. The number of hydrogen-bond acceptors (Lipinski definition) is 3. The van der Waals surface area contributed by atoms with E-state index >= 15 is 0 Å². The Labute approximate surface area is 114 Å². The maximum atomic E-state index is 12.0. The van der Waals surface area contributed by atoms with E-state index in [0.29, 0.717) is 24.5 Å². The quantitative estimate of drug-likeness (QED) is 0.802. The van der Waals surface area contributed by atoms with E-state index in [2.05, 4.69) is 5.32 Å². The van der Waals surface area contributed by atoms with E-state index in [0.717, 1.165) is 0 Å². The van der Waals surface area contributed by atoms with Gasteiger partial charge in [0.05, 0.1) is 6.61 Å². The van der Waals surface area contributed by atoms with Gasteiger partial charge in [-0.3, -0.25) is 4.79 Å². The Morgan fingerprint density at radius 3 is 2.37 bits per heavy atom. The first-order chi connectivity index (χ1) is 9.04. The molecule has 1 atom stereocenters. The van der Waals surface area contributed by atoms with Crippen LogP contribution in [0.2, 0.25) is 0 Å². The average molecular weight is 263 g/mol. The van der Waals surface area contributed by atoms with Crippen molar-refractivity contribution in [2.45, 2.75) is 33.2 Å². The van der Waals surface area contributed by atoms with E-state index in [-0.39, 0.29) is 11.9 Å². The number of amides is 1. The molecular weight excluding hydrogens is 242 g/mol. The highest BCUT2D eigenvalue weighted by molar-refractivity contribution is 5.96. The van der Waals surface area contributed by atoms with Crippen molar-refractivity contribution in [2.24, 2.45) is 5.92 Å². The van der Waals surface area contributed by atoms with E-state index in [1.165, 1.54) is 0 Å². The molecule has 0 aromatic heterocycles. The molecule has 0 heterocycles. The minimum atomic E-state index is -0.590. The first-order valence-electron chi connectivity index (χ1n) is 6.57. The Hall–Kier alpha value is -1.84. The van der Waals surface area contributed by atoms with Crippen molar-refractivity contribution >= 4 is 11.9 Å². The first kappa shape index (κ1) is 15.2. The minimum absolute atomic E-state index is 0.251. The molecule has 104 valence electrons. The van der Waals surface area contributed by atoms with Gasteiger partial charge in [-0.05, 0) is 31.4 Å². The number of nitrogens with one attached hydrogen (secondary N) is 1. The fraction of sp³-hybridized carbons (Fsp3) is 0.467. The van der Waals surface area contributed by atoms with Crippen LogP contribution in [0.15, 0.2) is 30.3 Å². The summed E-state index contributed by atoms with van der Waals surface area (Å²) in [6.45, 7) is 6.07. The second-order valence-electron chi connectivity index (χ2n) is 4.77. The molecule has 0 aliphatic rings. The maximum Gasteiger partial charge on any atom is 0.328 e. The van der Waals surface area contributed by atoms with E-state index < -0.39 is 6.04 Å². The number of hydrogen-bond donors (Lipinski definition) is 1.